The molecule has 0 atom stereocenters. The average Bonchev–Trinajstić information content (AvgIpc) is 2.33. The summed E-state index contributed by atoms with van der Waals surface area (Å²) in [6.45, 7) is 1.87. The third kappa shape index (κ3) is 5.78. The zero-order valence-corrected chi connectivity index (χ0v) is 10.3. The lowest BCUT2D eigenvalue weighted by molar-refractivity contribution is -0.120. The van der Waals surface area contributed by atoms with E-state index in [2.05, 4.69) is 16.9 Å². The summed E-state index contributed by atoms with van der Waals surface area (Å²) < 4.78 is 0. The van der Waals surface area contributed by atoms with Crippen molar-refractivity contribution in [2.24, 2.45) is 0 Å². The van der Waals surface area contributed by atoms with E-state index in [1.807, 2.05) is 30.3 Å². The molecule has 0 radical (unpaired) electrons. The fraction of sp³-hybridized carbons (Fsp3) is 0.417. The summed E-state index contributed by atoms with van der Waals surface area (Å²) in [4.78, 5) is 11.4. The lowest BCUT2D eigenvalue weighted by Gasteiger charge is -2.06. The molecule has 16 heavy (non-hydrogen) atoms. The average molecular weight is 238 g/mol. The van der Waals surface area contributed by atoms with E-state index in [9.17, 15) is 4.79 Å². The molecule has 1 aromatic carbocycles. The van der Waals surface area contributed by atoms with Gasteiger partial charge in [-0.25, -0.2) is 0 Å². The van der Waals surface area contributed by atoms with Gasteiger partial charge in [0.25, 0.3) is 0 Å². The Hall–Kier alpha value is -1.00. The molecule has 1 rings (SSSR count). The van der Waals surface area contributed by atoms with E-state index in [1.165, 1.54) is 0 Å². The van der Waals surface area contributed by atoms with Crippen molar-refractivity contribution < 1.29 is 4.79 Å². The van der Waals surface area contributed by atoms with Gasteiger partial charge in [0.05, 0.1) is 6.54 Å². The maximum Gasteiger partial charge on any atom is 0.234 e. The van der Waals surface area contributed by atoms with E-state index in [-0.39, 0.29) is 5.91 Å². The highest BCUT2D eigenvalue weighted by molar-refractivity contribution is 7.98. The fourth-order valence-corrected chi connectivity index (χ4v) is 1.58. The second-order valence-electron chi connectivity index (χ2n) is 3.43. The number of hydrogen-bond acceptors (Lipinski definition) is 3. The highest BCUT2D eigenvalue weighted by Gasteiger charge is 1.99. The highest BCUT2D eigenvalue weighted by atomic mass is 32.2. The maximum absolute atomic E-state index is 11.4. The van der Waals surface area contributed by atoms with Crippen molar-refractivity contribution in [1.29, 1.82) is 0 Å². The van der Waals surface area contributed by atoms with Crippen molar-refractivity contribution >= 4 is 17.7 Å². The van der Waals surface area contributed by atoms with Gasteiger partial charge in [-0.1, -0.05) is 30.3 Å². The van der Waals surface area contributed by atoms with Crippen molar-refractivity contribution in [3.8, 4) is 0 Å². The van der Waals surface area contributed by atoms with E-state index in [1.54, 1.807) is 11.8 Å². The fourth-order valence-electron chi connectivity index (χ4n) is 1.24. The van der Waals surface area contributed by atoms with Crippen LogP contribution in [0, 0.1) is 0 Å². The van der Waals surface area contributed by atoms with Crippen LogP contribution >= 0.6 is 11.8 Å². The van der Waals surface area contributed by atoms with Crippen LogP contribution in [-0.4, -0.2) is 31.0 Å². The van der Waals surface area contributed by atoms with E-state index in [4.69, 9.17) is 0 Å². The molecule has 0 spiro atoms. The van der Waals surface area contributed by atoms with Gasteiger partial charge in [-0.2, -0.15) is 11.8 Å². The number of rotatable bonds is 7. The molecular formula is C12H18N2OS. The largest absolute Gasteiger partial charge is 0.351 e. The molecule has 0 unspecified atom stereocenters. The lowest BCUT2D eigenvalue weighted by Crippen LogP contribution is -2.34. The summed E-state index contributed by atoms with van der Waals surface area (Å²) in [5.41, 5.74) is 1.12. The van der Waals surface area contributed by atoms with Crippen molar-refractivity contribution in [3.63, 3.8) is 0 Å². The minimum absolute atomic E-state index is 0.0463. The number of carbonyl (C=O) groups is 1. The first-order valence-corrected chi connectivity index (χ1v) is 6.72. The maximum atomic E-state index is 11.4. The van der Waals surface area contributed by atoms with Gasteiger partial charge in [0.1, 0.15) is 0 Å². The third-order valence-corrected chi connectivity index (χ3v) is 2.71. The predicted molar refractivity (Wildman–Crippen MR) is 69.5 cm³/mol. The first-order valence-electron chi connectivity index (χ1n) is 5.33. The predicted octanol–water partition coefficient (Wildman–Crippen LogP) is 1.26. The standard InChI is InChI=1S/C12H18N2OS/c1-16-8-7-13-10-12(15)14-9-11-5-3-2-4-6-11/h2-6,13H,7-10H2,1H3,(H,14,15). The SMILES string of the molecule is CSCCNCC(=O)NCc1ccccc1. The monoisotopic (exact) mass is 238 g/mol. The van der Waals surface area contributed by atoms with Gasteiger partial charge in [-0.05, 0) is 11.8 Å². The van der Waals surface area contributed by atoms with E-state index in [0.29, 0.717) is 13.1 Å². The minimum Gasteiger partial charge on any atom is -0.351 e. The highest BCUT2D eigenvalue weighted by Crippen LogP contribution is 1.96. The molecule has 1 amide bonds. The Morgan fingerprint density at radius 1 is 1.31 bits per heavy atom. The Labute approximate surface area is 101 Å². The summed E-state index contributed by atoms with van der Waals surface area (Å²) in [6.07, 6.45) is 2.05. The molecule has 2 N–H and O–H groups in total. The van der Waals surface area contributed by atoms with Crippen molar-refractivity contribution in [2.75, 3.05) is 25.1 Å². The van der Waals surface area contributed by atoms with Gasteiger partial charge < -0.3 is 10.6 Å². The molecule has 0 fully saturated rings. The molecule has 0 saturated carbocycles. The summed E-state index contributed by atoms with van der Waals surface area (Å²) >= 11 is 1.77. The molecular weight excluding hydrogens is 220 g/mol. The number of carbonyl (C=O) groups excluding carboxylic acids is 1. The first kappa shape index (κ1) is 13.1. The van der Waals surface area contributed by atoms with E-state index < -0.39 is 0 Å². The molecule has 1 aromatic rings. The van der Waals surface area contributed by atoms with Gasteiger partial charge in [0.15, 0.2) is 0 Å². The van der Waals surface area contributed by atoms with Crippen molar-refractivity contribution in [3.05, 3.63) is 35.9 Å². The van der Waals surface area contributed by atoms with Crippen LogP contribution in [0.15, 0.2) is 30.3 Å². The van der Waals surface area contributed by atoms with Gasteiger partial charge in [-0.15, -0.1) is 0 Å². The molecule has 0 aliphatic rings. The molecule has 3 nitrogen and oxygen atoms in total. The Morgan fingerprint density at radius 3 is 2.75 bits per heavy atom. The smallest absolute Gasteiger partial charge is 0.234 e. The van der Waals surface area contributed by atoms with Gasteiger partial charge in [-0.3, -0.25) is 4.79 Å². The second-order valence-corrected chi connectivity index (χ2v) is 4.42. The zero-order valence-electron chi connectivity index (χ0n) is 9.53. The number of thioether (sulfide) groups is 1. The van der Waals surface area contributed by atoms with Crippen LogP contribution in [-0.2, 0) is 11.3 Å². The van der Waals surface area contributed by atoms with Crippen LogP contribution in [0.4, 0.5) is 0 Å². The minimum atomic E-state index is 0.0463. The zero-order chi connectivity index (χ0) is 11.6. The molecule has 0 bridgehead atoms. The second kappa shape index (κ2) is 8.19. The quantitative estimate of drug-likeness (QED) is 0.703. The summed E-state index contributed by atoms with van der Waals surface area (Å²) in [7, 11) is 0. The molecule has 4 heteroatoms. The number of hydrogen-bond donors (Lipinski definition) is 2. The van der Waals surface area contributed by atoms with E-state index >= 15 is 0 Å². The molecule has 0 aliphatic heterocycles. The Kier molecular flexibility index (Phi) is 6.69. The summed E-state index contributed by atoms with van der Waals surface area (Å²) in [6, 6.07) is 9.91. The van der Waals surface area contributed by atoms with Crippen LogP contribution < -0.4 is 10.6 Å². The Balaban J connectivity index is 2.11. The summed E-state index contributed by atoms with van der Waals surface area (Å²) in [5, 5.41) is 5.96. The first-order chi connectivity index (χ1) is 7.83. The molecule has 88 valence electrons. The van der Waals surface area contributed by atoms with Crippen LogP contribution in [0.1, 0.15) is 5.56 Å². The number of benzene rings is 1. The Morgan fingerprint density at radius 2 is 2.06 bits per heavy atom. The van der Waals surface area contributed by atoms with Crippen LogP contribution in [0.5, 0.6) is 0 Å². The number of nitrogens with one attached hydrogen (secondary N) is 2. The molecule has 0 aliphatic carbocycles. The normalized spacial score (nSPS) is 10.1. The van der Waals surface area contributed by atoms with Crippen LogP contribution in [0.2, 0.25) is 0 Å². The lowest BCUT2D eigenvalue weighted by atomic mass is 10.2. The van der Waals surface area contributed by atoms with Crippen molar-refractivity contribution in [1.82, 2.24) is 10.6 Å². The topological polar surface area (TPSA) is 41.1 Å². The van der Waals surface area contributed by atoms with Gasteiger partial charge in [0, 0.05) is 18.8 Å². The van der Waals surface area contributed by atoms with Crippen LogP contribution in [0.3, 0.4) is 0 Å². The molecule has 0 heterocycles. The van der Waals surface area contributed by atoms with Gasteiger partial charge in [0.2, 0.25) is 5.91 Å². The molecule has 0 aromatic heterocycles. The summed E-state index contributed by atoms with van der Waals surface area (Å²) in [5.74, 6) is 1.08. The Bertz CT molecular complexity index is 303. The van der Waals surface area contributed by atoms with Crippen LogP contribution in [0.25, 0.3) is 0 Å². The third-order valence-electron chi connectivity index (χ3n) is 2.10. The van der Waals surface area contributed by atoms with Gasteiger partial charge >= 0.3 is 0 Å². The van der Waals surface area contributed by atoms with Crippen molar-refractivity contribution in [2.45, 2.75) is 6.54 Å². The number of amides is 1. The van der Waals surface area contributed by atoms with E-state index in [0.717, 1.165) is 17.9 Å². The molecule has 0 saturated heterocycles.